The van der Waals surface area contributed by atoms with Gasteiger partial charge in [-0.15, -0.1) is 11.3 Å². The van der Waals surface area contributed by atoms with Crippen LogP contribution in [0.4, 0.5) is 5.82 Å². The van der Waals surface area contributed by atoms with Crippen LogP contribution in [0.1, 0.15) is 15.5 Å². The number of anilines is 1. The summed E-state index contributed by atoms with van der Waals surface area (Å²) in [5.74, 6) is 0.571. The molecular formula is C20H14N6OS2. The lowest BCUT2D eigenvalue weighted by Gasteiger charge is -2.04. The Morgan fingerprint density at radius 1 is 1.07 bits per heavy atom. The number of thiazole rings is 1. The fourth-order valence-electron chi connectivity index (χ4n) is 3.13. The number of benzene rings is 1. The molecule has 9 heteroatoms. The van der Waals surface area contributed by atoms with Crippen molar-refractivity contribution in [3.05, 3.63) is 64.9 Å². The normalized spacial score (nSPS) is 11.2. The van der Waals surface area contributed by atoms with Gasteiger partial charge in [-0.1, -0.05) is 47.7 Å². The number of hydrogen-bond acceptors (Lipinski definition) is 8. The van der Waals surface area contributed by atoms with Crippen LogP contribution in [0.15, 0.2) is 54.2 Å². The number of thiophene rings is 1. The Bertz CT molecular complexity index is 1340. The Morgan fingerprint density at radius 3 is 2.62 bits per heavy atom. The molecule has 0 aliphatic heterocycles. The van der Waals surface area contributed by atoms with Gasteiger partial charge in [0.1, 0.15) is 27.4 Å². The number of aromatic nitrogens is 5. The molecule has 4 heterocycles. The van der Waals surface area contributed by atoms with E-state index in [0.717, 1.165) is 11.3 Å². The van der Waals surface area contributed by atoms with E-state index in [1.54, 1.807) is 10.6 Å². The number of hydrogen-bond donors (Lipinski definition) is 1. The number of rotatable bonds is 4. The third kappa shape index (κ3) is 2.91. The molecule has 0 unspecified atom stereocenters. The number of carbonyl (C=O) groups is 1. The molecule has 0 saturated heterocycles. The van der Waals surface area contributed by atoms with E-state index < -0.39 is 0 Å². The molecule has 29 heavy (non-hydrogen) atoms. The van der Waals surface area contributed by atoms with Gasteiger partial charge in [-0.2, -0.15) is 0 Å². The molecule has 0 radical (unpaired) electrons. The smallest absolute Gasteiger partial charge is 0.238 e. The van der Waals surface area contributed by atoms with E-state index in [0.29, 0.717) is 37.6 Å². The Kier molecular flexibility index (Phi) is 4.18. The molecule has 7 nitrogen and oxygen atoms in total. The topological polar surface area (TPSA) is 99.6 Å². The highest BCUT2D eigenvalue weighted by Crippen LogP contribution is 2.37. The van der Waals surface area contributed by atoms with E-state index in [4.69, 9.17) is 10.7 Å². The van der Waals surface area contributed by atoms with E-state index >= 15 is 0 Å². The summed E-state index contributed by atoms with van der Waals surface area (Å²) in [5, 5.41) is 2.57. The largest absolute Gasteiger partial charge is 0.382 e. The number of nitrogen functional groups attached to an aromatic ring is 1. The van der Waals surface area contributed by atoms with Crippen LogP contribution < -0.4 is 5.73 Å². The van der Waals surface area contributed by atoms with E-state index in [9.17, 15) is 4.79 Å². The fraction of sp³-hybridized carbons (Fsp3) is 0.0500. The first-order chi connectivity index (χ1) is 14.1. The molecule has 1 aromatic carbocycles. The van der Waals surface area contributed by atoms with Crippen molar-refractivity contribution in [1.29, 1.82) is 0 Å². The van der Waals surface area contributed by atoms with Crippen LogP contribution in [0, 0.1) is 0 Å². The third-order valence-corrected chi connectivity index (χ3v) is 6.36. The first-order valence-electron chi connectivity index (χ1n) is 8.71. The summed E-state index contributed by atoms with van der Waals surface area (Å²) < 4.78 is 1.80. The van der Waals surface area contributed by atoms with Gasteiger partial charge < -0.3 is 10.3 Å². The number of ketones is 1. The van der Waals surface area contributed by atoms with Crippen molar-refractivity contribution in [2.45, 2.75) is 0 Å². The maximum Gasteiger partial charge on any atom is 0.238 e. The van der Waals surface area contributed by atoms with Crippen molar-refractivity contribution in [3.63, 3.8) is 0 Å². The van der Waals surface area contributed by atoms with Gasteiger partial charge in [-0.05, 0) is 11.4 Å². The summed E-state index contributed by atoms with van der Waals surface area (Å²) in [5.41, 5.74) is 8.87. The highest BCUT2D eigenvalue weighted by Gasteiger charge is 2.26. The maximum atomic E-state index is 13.1. The molecule has 0 saturated carbocycles. The van der Waals surface area contributed by atoms with Crippen molar-refractivity contribution in [2.75, 3.05) is 5.73 Å². The zero-order valence-corrected chi connectivity index (χ0v) is 16.9. The van der Waals surface area contributed by atoms with Gasteiger partial charge in [0.25, 0.3) is 0 Å². The standard InChI is InChI=1S/C20H14N6OS2/c1-26-15(20-25-14-17(21)22-10-23-19(14)29-20)13(11-6-3-2-4-7-11)24-18(26)16(27)12-8-5-9-28-12/h2-10H,1H3,(H2,21,22,23). The van der Waals surface area contributed by atoms with Crippen LogP contribution in [0.25, 0.3) is 32.3 Å². The molecule has 0 amide bonds. The first kappa shape index (κ1) is 17.7. The van der Waals surface area contributed by atoms with Crippen LogP contribution in [-0.2, 0) is 7.05 Å². The van der Waals surface area contributed by atoms with Gasteiger partial charge in [0.2, 0.25) is 5.78 Å². The SMILES string of the molecule is Cn1c(C(=O)c2cccs2)nc(-c2ccccc2)c1-c1nc2c(N)ncnc2s1. The van der Waals surface area contributed by atoms with Gasteiger partial charge in [-0.25, -0.2) is 19.9 Å². The lowest BCUT2D eigenvalue weighted by Crippen LogP contribution is -2.08. The molecule has 0 aliphatic rings. The maximum absolute atomic E-state index is 13.1. The number of nitrogens with two attached hydrogens (primary N) is 1. The second-order valence-corrected chi connectivity index (χ2v) is 8.22. The zero-order valence-electron chi connectivity index (χ0n) is 15.2. The highest BCUT2D eigenvalue weighted by atomic mass is 32.1. The van der Waals surface area contributed by atoms with E-state index in [-0.39, 0.29) is 5.78 Å². The van der Waals surface area contributed by atoms with Crippen molar-refractivity contribution >= 4 is 44.6 Å². The molecular weight excluding hydrogens is 404 g/mol. The summed E-state index contributed by atoms with van der Waals surface area (Å²) in [4.78, 5) is 32.1. The molecule has 0 bridgehead atoms. The lowest BCUT2D eigenvalue weighted by atomic mass is 10.1. The minimum Gasteiger partial charge on any atom is -0.382 e. The third-order valence-electron chi connectivity index (χ3n) is 4.52. The molecule has 5 rings (SSSR count). The quantitative estimate of drug-likeness (QED) is 0.442. The van der Waals surface area contributed by atoms with Gasteiger partial charge in [-0.3, -0.25) is 4.79 Å². The molecule has 5 aromatic rings. The van der Waals surface area contributed by atoms with Crippen LogP contribution in [0.3, 0.4) is 0 Å². The number of fused-ring (bicyclic) bond motifs is 1. The summed E-state index contributed by atoms with van der Waals surface area (Å²) in [6.45, 7) is 0. The Hall–Kier alpha value is -3.43. The second kappa shape index (κ2) is 6.87. The minimum atomic E-state index is -0.119. The zero-order chi connectivity index (χ0) is 20.0. The average molecular weight is 419 g/mol. The Morgan fingerprint density at radius 2 is 1.90 bits per heavy atom. The summed E-state index contributed by atoms with van der Waals surface area (Å²) >= 11 is 2.79. The van der Waals surface area contributed by atoms with Gasteiger partial charge in [0, 0.05) is 12.6 Å². The second-order valence-electron chi connectivity index (χ2n) is 6.30. The summed E-state index contributed by atoms with van der Waals surface area (Å²) in [6, 6.07) is 13.4. The van der Waals surface area contributed by atoms with E-state index in [1.807, 2.05) is 48.8 Å². The molecule has 0 fully saturated rings. The van der Waals surface area contributed by atoms with Crippen molar-refractivity contribution < 1.29 is 4.79 Å². The van der Waals surface area contributed by atoms with E-state index in [1.165, 1.54) is 29.0 Å². The molecule has 0 atom stereocenters. The highest BCUT2D eigenvalue weighted by molar-refractivity contribution is 7.21. The number of nitrogens with zero attached hydrogens (tertiary/aromatic N) is 5. The molecule has 4 aromatic heterocycles. The van der Waals surface area contributed by atoms with Crippen LogP contribution in [-0.4, -0.2) is 30.3 Å². The van der Waals surface area contributed by atoms with Crippen LogP contribution >= 0.6 is 22.7 Å². The van der Waals surface area contributed by atoms with Gasteiger partial charge in [0.05, 0.1) is 10.6 Å². The van der Waals surface area contributed by atoms with Crippen molar-refractivity contribution in [3.8, 4) is 22.0 Å². The molecule has 0 aliphatic carbocycles. The fourth-order valence-corrected chi connectivity index (χ4v) is 4.79. The van der Waals surface area contributed by atoms with Gasteiger partial charge >= 0.3 is 0 Å². The monoisotopic (exact) mass is 418 g/mol. The van der Waals surface area contributed by atoms with Crippen molar-refractivity contribution in [1.82, 2.24) is 24.5 Å². The van der Waals surface area contributed by atoms with E-state index in [2.05, 4.69) is 15.0 Å². The number of carbonyl (C=O) groups excluding carboxylic acids is 1. The van der Waals surface area contributed by atoms with Crippen LogP contribution in [0.5, 0.6) is 0 Å². The number of imidazole rings is 1. The molecule has 142 valence electrons. The van der Waals surface area contributed by atoms with Gasteiger partial charge in [0.15, 0.2) is 11.6 Å². The summed E-state index contributed by atoms with van der Waals surface area (Å²) in [7, 11) is 1.83. The average Bonchev–Trinajstić information content (AvgIpc) is 3.47. The molecule has 0 spiro atoms. The Balaban J connectivity index is 1.76. The lowest BCUT2D eigenvalue weighted by molar-refractivity contribution is 0.103. The predicted molar refractivity (Wildman–Crippen MR) is 115 cm³/mol. The Labute approximate surface area is 173 Å². The van der Waals surface area contributed by atoms with Crippen LogP contribution in [0.2, 0.25) is 0 Å². The first-order valence-corrected chi connectivity index (χ1v) is 10.4. The summed E-state index contributed by atoms with van der Waals surface area (Å²) in [6.07, 6.45) is 1.42. The molecule has 2 N–H and O–H groups in total. The minimum absolute atomic E-state index is 0.119. The predicted octanol–water partition coefficient (Wildman–Crippen LogP) is 4.03. The van der Waals surface area contributed by atoms with Crippen molar-refractivity contribution in [2.24, 2.45) is 7.05 Å².